The van der Waals surface area contributed by atoms with Crippen LogP contribution in [0.4, 0.5) is 5.82 Å². The van der Waals surface area contributed by atoms with Crippen molar-refractivity contribution in [2.45, 2.75) is 45.1 Å². The molecule has 2 aliphatic carbocycles. The number of carbonyl (C=O) groups is 1. The Morgan fingerprint density at radius 2 is 1.90 bits per heavy atom. The fraction of sp³-hybridized carbons (Fsp3) is 0.500. The van der Waals surface area contributed by atoms with Crippen LogP contribution < -0.4 is 10.1 Å². The first-order valence-corrected chi connectivity index (χ1v) is 10.8. The van der Waals surface area contributed by atoms with Gasteiger partial charge in [-0.05, 0) is 79.0 Å². The van der Waals surface area contributed by atoms with Crippen molar-refractivity contribution in [3.05, 3.63) is 42.1 Å². The highest BCUT2D eigenvalue weighted by atomic mass is 16.5. The lowest BCUT2D eigenvalue weighted by Crippen LogP contribution is -2.26. The standard InChI is InChI=1S/C24H28N2O3/c1-15-12-17(4-5-22(15)29-19-7-10-28-11-8-19)18-6-9-25-23(13-18)26-24(27)21-14-20(21)16-2-3-16/h4-6,9,12-13,16,19-21H,2-3,7-8,10-11,14H2,1H3,(H,25,26,27)/t20-,21+/m1/s1. The Hall–Kier alpha value is -2.40. The van der Waals surface area contributed by atoms with Gasteiger partial charge in [-0.25, -0.2) is 4.98 Å². The van der Waals surface area contributed by atoms with Crippen molar-refractivity contribution in [3.63, 3.8) is 0 Å². The Kier molecular flexibility index (Phi) is 5.00. The third kappa shape index (κ3) is 4.30. The topological polar surface area (TPSA) is 60.5 Å². The first-order chi connectivity index (χ1) is 14.2. The summed E-state index contributed by atoms with van der Waals surface area (Å²) >= 11 is 0. The number of ether oxygens (including phenoxy) is 2. The van der Waals surface area contributed by atoms with Gasteiger partial charge in [0, 0.05) is 25.0 Å². The van der Waals surface area contributed by atoms with Crippen LogP contribution in [0.2, 0.25) is 0 Å². The van der Waals surface area contributed by atoms with Crippen molar-refractivity contribution >= 4 is 11.7 Å². The molecule has 1 aromatic heterocycles. The van der Waals surface area contributed by atoms with E-state index in [0.717, 1.165) is 60.8 Å². The fourth-order valence-corrected chi connectivity index (χ4v) is 4.39. The van der Waals surface area contributed by atoms with Crippen molar-refractivity contribution in [3.8, 4) is 16.9 Å². The maximum Gasteiger partial charge on any atom is 0.228 e. The van der Waals surface area contributed by atoms with Crippen molar-refractivity contribution in [1.29, 1.82) is 0 Å². The van der Waals surface area contributed by atoms with Gasteiger partial charge in [0.25, 0.3) is 0 Å². The molecule has 3 fully saturated rings. The molecule has 1 saturated heterocycles. The normalized spacial score (nSPS) is 24.2. The quantitative estimate of drug-likeness (QED) is 0.780. The second-order valence-corrected chi connectivity index (χ2v) is 8.67. The number of aromatic nitrogens is 1. The summed E-state index contributed by atoms with van der Waals surface area (Å²) in [5.41, 5.74) is 3.26. The summed E-state index contributed by atoms with van der Waals surface area (Å²) in [5, 5.41) is 3.02. The van der Waals surface area contributed by atoms with E-state index >= 15 is 0 Å². The number of hydrogen-bond acceptors (Lipinski definition) is 4. The van der Waals surface area contributed by atoms with Crippen molar-refractivity contribution in [2.24, 2.45) is 17.8 Å². The molecule has 0 radical (unpaired) electrons. The molecule has 3 aliphatic rings. The Bertz CT molecular complexity index is 903. The lowest BCUT2D eigenvalue weighted by atomic mass is 10.0. The van der Waals surface area contributed by atoms with Gasteiger partial charge in [0.15, 0.2) is 0 Å². The molecule has 1 aliphatic heterocycles. The van der Waals surface area contributed by atoms with Gasteiger partial charge >= 0.3 is 0 Å². The zero-order valence-electron chi connectivity index (χ0n) is 16.9. The second kappa shape index (κ2) is 7.79. The van der Waals surface area contributed by atoms with E-state index in [1.165, 1.54) is 12.8 Å². The van der Waals surface area contributed by atoms with E-state index in [1.807, 2.05) is 18.2 Å². The van der Waals surface area contributed by atoms with E-state index in [9.17, 15) is 4.79 Å². The molecule has 152 valence electrons. The van der Waals surface area contributed by atoms with Gasteiger partial charge in [0.2, 0.25) is 5.91 Å². The number of nitrogens with zero attached hydrogens (tertiary/aromatic N) is 1. The molecule has 5 nitrogen and oxygen atoms in total. The molecule has 29 heavy (non-hydrogen) atoms. The molecule has 1 amide bonds. The zero-order valence-corrected chi connectivity index (χ0v) is 16.9. The third-order valence-corrected chi connectivity index (χ3v) is 6.39. The molecule has 1 aromatic carbocycles. The van der Waals surface area contributed by atoms with E-state index in [1.54, 1.807) is 6.20 Å². The van der Waals surface area contributed by atoms with Gasteiger partial charge < -0.3 is 14.8 Å². The van der Waals surface area contributed by atoms with Crippen molar-refractivity contribution in [2.75, 3.05) is 18.5 Å². The number of anilines is 1. The van der Waals surface area contributed by atoms with Gasteiger partial charge in [0.1, 0.15) is 17.7 Å². The Balaban J connectivity index is 1.26. The molecule has 0 bridgehead atoms. The van der Waals surface area contributed by atoms with Crippen LogP contribution in [0, 0.1) is 24.7 Å². The second-order valence-electron chi connectivity index (χ2n) is 8.67. The molecule has 2 saturated carbocycles. The molecule has 1 N–H and O–H groups in total. The van der Waals surface area contributed by atoms with Crippen LogP contribution in [0.1, 0.15) is 37.7 Å². The highest BCUT2D eigenvalue weighted by Gasteiger charge is 2.51. The summed E-state index contributed by atoms with van der Waals surface area (Å²) in [4.78, 5) is 16.8. The Morgan fingerprint density at radius 3 is 2.66 bits per heavy atom. The Morgan fingerprint density at radius 1 is 1.10 bits per heavy atom. The summed E-state index contributed by atoms with van der Waals surface area (Å²) in [6.07, 6.45) is 7.53. The predicted octanol–water partition coefficient (Wildman–Crippen LogP) is 4.60. The monoisotopic (exact) mass is 392 g/mol. The van der Waals surface area contributed by atoms with E-state index in [0.29, 0.717) is 11.7 Å². The van der Waals surface area contributed by atoms with Crippen LogP contribution >= 0.6 is 0 Å². The maximum absolute atomic E-state index is 12.5. The van der Waals surface area contributed by atoms with Crippen LogP contribution in [0.3, 0.4) is 0 Å². The van der Waals surface area contributed by atoms with Crippen LogP contribution in [0.15, 0.2) is 36.5 Å². The van der Waals surface area contributed by atoms with Crippen LogP contribution in [-0.2, 0) is 9.53 Å². The maximum atomic E-state index is 12.5. The molecule has 2 heterocycles. The number of rotatable bonds is 6. The van der Waals surface area contributed by atoms with Crippen molar-refractivity contribution in [1.82, 2.24) is 4.98 Å². The average molecular weight is 392 g/mol. The molecule has 0 unspecified atom stereocenters. The summed E-state index contributed by atoms with van der Waals surface area (Å²) in [5.74, 6) is 3.30. The van der Waals surface area contributed by atoms with Crippen LogP contribution in [-0.4, -0.2) is 30.2 Å². The minimum Gasteiger partial charge on any atom is -0.490 e. The van der Waals surface area contributed by atoms with Crippen LogP contribution in [0.5, 0.6) is 5.75 Å². The highest BCUT2D eigenvalue weighted by molar-refractivity contribution is 5.94. The average Bonchev–Trinajstić information content (AvgIpc) is 3.63. The number of amides is 1. The molecule has 2 atom stereocenters. The van der Waals surface area contributed by atoms with Crippen LogP contribution in [0.25, 0.3) is 11.1 Å². The molecule has 0 spiro atoms. The SMILES string of the molecule is Cc1cc(-c2ccnc(NC(=O)[C@H]3C[C@@H]3C3CC3)c2)ccc1OC1CCOCC1. The Labute approximate surface area is 171 Å². The lowest BCUT2D eigenvalue weighted by molar-refractivity contribution is -0.117. The minimum atomic E-state index is 0.128. The largest absolute Gasteiger partial charge is 0.490 e. The van der Waals surface area contributed by atoms with Gasteiger partial charge in [-0.1, -0.05) is 6.07 Å². The van der Waals surface area contributed by atoms with E-state index in [-0.39, 0.29) is 17.9 Å². The van der Waals surface area contributed by atoms with Gasteiger partial charge in [-0.2, -0.15) is 0 Å². The number of carbonyl (C=O) groups excluding carboxylic acids is 1. The molecular weight excluding hydrogens is 364 g/mol. The van der Waals surface area contributed by atoms with E-state index < -0.39 is 0 Å². The first kappa shape index (κ1) is 18.6. The van der Waals surface area contributed by atoms with E-state index in [4.69, 9.17) is 9.47 Å². The van der Waals surface area contributed by atoms with Gasteiger partial charge in [0.05, 0.1) is 13.2 Å². The van der Waals surface area contributed by atoms with Gasteiger partial charge in [-0.3, -0.25) is 4.79 Å². The zero-order chi connectivity index (χ0) is 19.8. The number of aryl methyl sites for hydroxylation is 1. The summed E-state index contributed by atoms with van der Waals surface area (Å²) in [6.45, 7) is 3.62. The fourth-order valence-electron chi connectivity index (χ4n) is 4.39. The highest BCUT2D eigenvalue weighted by Crippen LogP contribution is 2.54. The first-order valence-electron chi connectivity index (χ1n) is 10.8. The van der Waals surface area contributed by atoms with Gasteiger partial charge in [-0.15, -0.1) is 0 Å². The number of pyridine rings is 1. The minimum absolute atomic E-state index is 0.128. The molecular formula is C24H28N2O3. The lowest BCUT2D eigenvalue weighted by Gasteiger charge is -2.24. The summed E-state index contributed by atoms with van der Waals surface area (Å²) in [7, 11) is 0. The number of nitrogens with one attached hydrogen (secondary N) is 1. The molecule has 5 rings (SSSR count). The third-order valence-electron chi connectivity index (χ3n) is 6.39. The molecule has 2 aromatic rings. The van der Waals surface area contributed by atoms with E-state index in [2.05, 4.69) is 29.4 Å². The number of hydrogen-bond donors (Lipinski definition) is 1. The molecule has 5 heteroatoms. The smallest absolute Gasteiger partial charge is 0.228 e. The summed E-state index contributed by atoms with van der Waals surface area (Å²) in [6, 6.07) is 10.2. The van der Waals surface area contributed by atoms with Crippen molar-refractivity contribution < 1.29 is 14.3 Å². The predicted molar refractivity (Wildman–Crippen MR) is 112 cm³/mol. The number of benzene rings is 1. The summed E-state index contributed by atoms with van der Waals surface area (Å²) < 4.78 is 11.6.